The Hall–Kier alpha value is -2.86. The standard InChI is InChI=1S/C21H22ClN3O3/c1-13-7-9-16(10-8-13)21(3)19(27)25(20(28)24-21)12-18(26)23-14(2)15-5-4-6-17(22)11-15/h4-11,14H,12H2,1-3H3,(H,23,26)(H,24,28)/t14-,21+/m1/s1. The number of carbonyl (C=O) groups excluding carboxylic acids is 3. The van der Waals surface area contributed by atoms with Crippen molar-refractivity contribution >= 4 is 29.4 Å². The van der Waals surface area contributed by atoms with Crippen LogP contribution in [0.25, 0.3) is 0 Å². The third kappa shape index (κ3) is 3.87. The fourth-order valence-corrected chi connectivity index (χ4v) is 3.41. The molecule has 2 N–H and O–H groups in total. The molecule has 28 heavy (non-hydrogen) atoms. The minimum Gasteiger partial charge on any atom is -0.348 e. The van der Waals surface area contributed by atoms with Crippen LogP contribution < -0.4 is 10.6 Å². The molecule has 1 fully saturated rings. The number of imide groups is 1. The number of amides is 4. The molecule has 0 spiro atoms. The zero-order valence-corrected chi connectivity index (χ0v) is 16.7. The van der Waals surface area contributed by atoms with Gasteiger partial charge in [-0.1, -0.05) is 53.6 Å². The number of nitrogens with one attached hydrogen (secondary N) is 2. The molecule has 7 heteroatoms. The van der Waals surface area contributed by atoms with Crippen LogP contribution in [0.3, 0.4) is 0 Å². The van der Waals surface area contributed by atoms with Crippen LogP contribution in [0.5, 0.6) is 0 Å². The summed E-state index contributed by atoms with van der Waals surface area (Å²) in [7, 11) is 0. The molecule has 0 bridgehead atoms. The summed E-state index contributed by atoms with van der Waals surface area (Å²) in [6, 6.07) is 13.6. The second-order valence-electron chi connectivity index (χ2n) is 7.16. The smallest absolute Gasteiger partial charge is 0.325 e. The molecule has 2 aromatic rings. The molecule has 0 unspecified atom stereocenters. The average molecular weight is 400 g/mol. The summed E-state index contributed by atoms with van der Waals surface area (Å²) in [5, 5.41) is 6.07. The minimum atomic E-state index is -1.19. The van der Waals surface area contributed by atoms with Gasteiger partial charge in [-0.25, -0.2) is 4.79 Å². The summed E-state index contributed by atoms with van der Waals surface area (Å²) >= 11 is 5.98. The number of urea groups is 1. The molecule has 2 atom stereocenters. The van der Waals surface area contributed by atoms with Gasteiger partial charge in [-0.2, -0.15) is 0 Å². The molecule has 3 rings (SSSR count). The molecule has 4 amide bonds. The summed E-state index contributed by atoms with van der Waals surface area (Å²) in [5.74, 6) is -0.879. The number of rotatable bonds is 5. The molecule has 1 heterocycles. The lowest BCUT2D eigenvalue weighted by Crippen LogP contribution is -2.43. The molecular weight excluding hydrogens is 378 g/mol. The van der Waals surface area contributed by atoms with Crippen molar-refractivity contribution in [1.29, 1.82) is 0 Å². The van der Waals surface area contributed by atoms with Crippen LogP contribution in [-0.4, -0.2) is 29.3 Å². The first-order valence-electron chi connectivity index (χ1n) is 8.97. The molecule has 1 aliphatic heterocycles. The van der Waals surface area contributed by atoms with Crippen molar-refractivity contribution in [3.8, 4) is 0 Å². The highest BCUT2D eigenvalue weighted by molar-refractivity contribution is 6.30. The van der Waals surface area contributed by atoms with E-state index < -0.39 is 23.4 Å². The van der Waals surface area contributed by atoms with Crippen molar-refractivity contribution in [1.82, 2.24) is 15.5 Å². The molecule has 0 aliphatic carbocycles. The lowest BCUT2D eigenvalue weighted by Gasteiger charge is -2.22. The maximum atomic E-state index is 12.9. The van der Waals surface area contributed by atoms with E-state index in [2.05, 4.69) is 10.6 Å². The molecule has 0 aromatic heterocycles. The van der Waals surface area contributed by atoms with Crippen LogP contribution in [0.15, 0.2) is 48.5 Å². The van der Waals surface area contributed by atoms with Crippen LogP contribution >= 0.6 is 11.6 Å². The number of halogens is 1. The highest BCUT2D eigenvalue weighted by atomic mass is 35.5. The third-order valence-corrected chi connectivity index (χ3v) is 5.17. The number of carbonyl (C=O) groups is 3. The van der Waals surface area contributed by atoms with Crippen LogP contribution in [0.2, 0.25) is 5.02 Å². The first kappa shape index (κ1) is 19.9. The maximum Gasteiger partial charge on any atom is 0.325 e. The fourth-order valence-electron chi connectivity index (χ4n) is 3.21. The molecule has 0 saturated carbocycles. The zero-order chi connectivity index (χ0) is 20.5. The maximum absolute atomic E-state index is 12.9. The number of hydrogen-bond acceptors (Lipinski definition) is 3. The summed E-state index contributed by atoms with van der Waals surface area (Å²) in [5.41, 5.74) is 1.37. The van der Waals surface area contributed by atoms with Gasteiger partial charge in [-0.15, -0.1) is 0 Å². The Kier molecular flexibility index (Phi) is 5.42. The topological polar surface area (TPSA) is 78.5 Å². The Morgan fingerprint density at radius 3 is 2.54 bits per heavy atom. The van der Waals surface area contributed by atoms with Gasteiger partial charge >= 0.3 is 6.03 Å². The Balaban J connectivity index is 1.70. The highest BCUT2D eigenvalue weighted by Gasteiger charge is 2.49. The van der Waals surface area contributed by atoms with Crippen molar-refractivity contribution in [2.75, 3.05) is 6.54 Å². The Morgan fingerprint density at radius 1 is 1.21 bits per heavy atom. The predicted octanol–water partition coefficient (Wildman–Crippen LogP) is 3.29. The van der Waals surface area contributed by atoms with E-state index in [4.69, 9.17) is 11.6 Å². The van der Waals surface area contributed by atoms with Crippen LogP contribution in [-0.2, 0) is 15.1 Å². The molecule has 6 nitrogen and oxygen atoms in total. The van der Waals surface area contributed by atoms with Gasteiger partial charge in [0.25, 0.3) is 5.91 Å². The predicted molar refractivity (Wildman–Crippen MR) is 107 cm³/mol. The number of benzene rings is 2. The molecule has 1 aliphatic rings. The second kappa shape index (κ2) is 7.64. The molecule has 1 saturated heterocycles. The Morgan fingerprint density at radius 2 is 1.89 bits per heavy atom. The largest absolute Gasteiger partial charge is 0.348 e. The fraction of sp³-hybridized carbons (Fsp3) is 0.286. The van der Waals surface area contributed by atoms with E-state index in [0.717, 1.165) is 16.0 Å². The van der Waals surface area contributed by atoms with E-state index in [9.17, 15) is 14.4 Å². The van der Waals surface area contributed by atoms with Crippen molar-refractivity contribution in [3.63, 3.8) is 0 Å². The zero-order valence-electron chi connectivity index (χ0n) is 16.0. The number of nitrogens with zero attached hydrogens (tertiary/aromatic N) is 1. The summed E-state index contributed by atoms with van der Waals surface area (Å²) in [6.07, 6.45) is 0. The number of aryl methyl sites for hydroxylation is 1. The van der Waals surface area contributed by atoms with Crippen molar-refractivity contribution in [2.45, 2.75) is 32.4 Å². The van der Waals surface area contributed by atoms with Gasteiger partial charge in [0, 0.05) is 5.02 Å². The van der Waals surface area contributed by atoms with Crippen molar-refractivity contribution < 1.29 is 14.4 Å². The van der Waals surface area contributed by atoms with E-state index in [1.807, 2.05) is 32.0 Å². The van der Waals surface area contributed by atoms with Crippen LogP contribution in [0.4, 0.5) is 4.79 Å². The molecule has 2 aromatic carbocycles. The lowest BCUT2D eigenvalue weighted by molar-refractivity contribution is -0.135. The monoisotopic (exact) mass is 399 g/mol. The van der Waals surface area contributed by atoms with E-state index in [1.54, 1.807) is 37.3 Å². The van der Waals surface area contributed by atoms with Crippen molar-refractivity contribution in [3.05, 3.63) is 70.2 Å². The molecule has 0 radical (unpaired) electrons. The van der Waals surface area contributed by atoms with Gasteiger partial charge in [0.05, 0.1) is 6.04 Å². The van der Waals surface area contributed by atoms with Gasteiger partial charge in [-0.05, 0) is 44.0 Å². The summed E-state index contributed by atoms with van der Waals surface area (Å²) in [4.78, 5) is 38.7. The van der Waals surface area contributed by atoms with Gasteiger partial charge in [0.2, 0.25) is 5.91 Å². The van der Waals surface area contributed by atoms with Crippen molar-refractivity contribution in [2.24, 2.45) is 0 Å². The third-order valence-electron chi connectivity index (χ3n) is 4.93. The summed E-state index contributed by atoms with van der Waals surface area (Å²) < 4.78 is 0. The Labute approximate surface area is 168 Å². The van der Waals surface area contributed by atoms with E-state index in [-0.39, 0.29) is 12.6 Å². The SMILES string of the molecule is Cc1ccc([C@]2(C)NC(=O)N(CC(=O)N[C@H](C)c3cccc(Cl)c3)C2=O)cc1. The molecular formula is C21H22ClN3O3. The van der Waals surface area contributed by atoms with E-state index in [0.29, 0.717) is 10.6 Å². The lowest BCUT2D eigenvalue weighted by atomic mass is 9.91. The quantitative estimate of drug-likeness (QED) is 0.757. The number of hydrogen-bond donors (Lipinski definition) is 2. The minimum absolute atomic E-state index is 0.310. The van der Waals surface area contributed by atoms with Gasteiger partial charge in [-0.3, -0.25) is 14.5 Å². The first-order valence-corrected chi connectivity index (χ1v) is 9.34. The molecule has 146 valence electrons. The summed E-state index contributed by atoms with van der Waals surface area (Å²) in [6.45, 7) is 5.05. The van der Waals surface area contributed by atoms with E-state index >= 15 is 0 Å². The van der Waals surface area contributed by atoms with Crippen LogP contribution in [0.1, 0.15) is 36.6 Å². The second-order valence-corrected chi connectivity index (χ2v) is 7.59. The average Bonchev–Trinajstić information content (AvgIpc) is 2.86. The van der Waals surface area contributed by atoms with Crippen LogP contribution in [0, 0.1) is 6.92 Å². The van der Waals surface area contributed by atoms with Gasteiger partial charge < -0.3 is 10.6 Å². The highest BCUT2D eigenvalue weighted by Crippen LogP contribution is 2.29. The Bertz CT molecular complexity index is 929. The van der Waals surface area contributed by atoms with Gasteiger partial charge in [0.1, 0.15) is 12.1 Å². The normalized spacial score (nSPS) is 20.1. The van der Waals surface area contributed by atoms with Gasteiger partial charge in [0.15, 0.2) is 0 Å². The first-order chi connectivity index (χ1) is 13.2. The van der Waals surface area contributed by atoms with E-state index in [1.165, 1.54) is 0 Å².